The number of benzene rings is 4. The largest absolute Gasteiger partial charge is 0.407 e. The molecule has 0 radical (unpaired) electrons. The van der Waals surface area contributed by atoms with E-state index in [4.69, 9.17) is 13.6 Å². The van der Waals surface area contributed by atoms with Crippen LogP contribution in [0.1, 0.15) is 108 Å². The number of ether oxygens (including phenoxy) is 1. The van der Waals surface area contributed by atoms with E-state index >= 15 is 0 Å². The molecule has 0 unspecified atom stereocenters. The molecule has 16 heteroatoms. The maximum atomic E-state index is 14.4. The van der Waals surface area contributed by atoms with E-state index in [1.165, 1.54) is 17.8 Å². The van der Waals surface area contributed by atoms with Gasteiger partial charge >= 0.3 is 0 Å². The lowest BCUT2D eigenvalue weighted by Crippen LogP contribution is -2.44. The van der Waals surface area contributed by atoms with Crippen molar-refractivity contribution in [3.8, 4) is 0 Å². The van der Waals surface area contributed by atoms with Crippen molar-refractivity contribution in [3.05, 3.63) is 128 Å². The van der Waals surface area contributed by atoms with Crippen molar-refractivity contribution in [2.24, 2.45) is 0 Å². The highest BCUT2D eigenvalue weighted by Crippen LogP contribution is 2.56. The van der Waals surface area contributed by atoms with Gasteiger partial charge in [-0.1, -0.05) is 71.9 Å². The lowest BCUT2D eigenvalue weighted by molar-refractivity contribution is 0.0484. The molecule has 2 aliphatic heterocycles. The summed E-state index contributed by atoms with van der Waals surface area (Å²) in [6.07, 6.45) is 5.52. The lowest BCUT2D eigenvalue weighted by Gasteiger charge is -2.40. The average molecular weight is 1160 g/mol. The Morgan fingerprint density at radius 3 is 1.46 bits per heavy atom. The molecule has 72 heavy (non-hydrogen) atoms. The van der Waals surface area contributed by atoms with Gasteiger partial charge < -0.3 is 44.2 Å². The van der Waals surface area contributed by atoms with Crippen molar-refractivity contribution in [1.29, 1.82) is 0 Å². The molecule has 2 saturated heterocycles. The smallest absolute Gasteiger partial charge is 0.193 e. The highest BCUT2D eigenvalue weighted by molar-refractivity contribution is 9.10. The number of hydrogen-bond acceptors (Lipinski definition) is 9. The van der Waals surface area contributed by atoms with Crippen molar-refractivity contribution >= 4 is 59.9 Å². The maximum Gasteiger partial charge on any atom is 0.193 e. The zero-order chi connectivity index (χ0) is 52.9. The molecule has 5 fully saturated rings. The van der Waals surface area contributed by atoms with Crippen molar-refractivity contribution in [3.63, 3.8) is 0 Å². The second-order valence-electron chi connectivity index (χ2n) is 23.1. The van der Waals surface area contributed by atoms with Crippen LogP contribution >= 0.6 is 31.9 Å². The third-order valence-corrected chi connectivity index (χ3v) is 25.9. The minimum absolute atomic E-state index is 0.0154. The van der Waals surface area contributed by atoms with Crippen molar-refractivity contribution in [2.75, 3.05) is 75.9 Å². The van der Waals surface area contributed by atoms with Gasteiger partial charge in [-0.2, -0.15) is 0 Å². The lowest BCUT2D eigenvalue weighted by atomic mass is 10.1. The zero-order valence-electron chi connectivity index (χ0n) is 44.6. The van der Waals surface area contributed by atoms with Gasteiger partial charge in [0.05, 0.1) is 38.0 Å². The Bertz CT molecular complexity index is 2430. The second kappa shape index (κ2) is 23.7. The maximum absolute atomic E-state index is 14.4. The summed E-state index contributed by atoms with van der Waals surface area (Å²) in [5, 5.41) is 25.9. The molecule has 3 saturated carbocycles. The van der Waals surface area contributed by atoms with Gasteiger partial charge in [0.2, 0.25) is 0 Å². The number of nitrogens with zero attached hydrogens (tertiary/aromatic N) is 2. The Morgan fingerprint density at radius 2 is 1.04 bits per heavy atom. The molecule has 398 valence electrons. The van der Waals surface area contributed by atoms with E-state index < -0.39 is 22.2 Å². The summed E-state index contributed by atoms with van der Waals surface area (Å²) in [4.78, 5) is 4.50. The number of aliphatic hydroxyl groups excluding tert-OH is 1. The van der Waals surface area contributed by atoms with Crippen molar-refractivity contribution < 1.29 is 37.0 Å². The molecule has 9 rings (SSSR count). The Hall–Kier alpha value is -2.62. The van der Waals surface area contributed by atoms with Crippen molar-refractivity contribution in [2.45, 2.75) is 139 Å². The second-order valence-corrected chi connectivity index (χ2v) is 34.3. The first-order valence-corrected chi connectivity index (χ1v) is 33.1. The molecule has 0 bridgehead atoms. The highest BCUT2D eigenvalue weighted by Gasteiger charge is 2.54. The van der Waals surface area contributed by atoms with E-state index in [-0.39, 0.29) is 51.4 Å². The highest BCUT2D eigenvalue weighted by atomic mass is 79.9. The van der Waals surface area contributed by atoms with Crippen molar-refractivity contribution in [1.82, 2.24) is 10.6 Å². The van der Waals surface area contributed by atoms with Crippen LogP contribution in [0.25, 0.3) is 0 Å². The van der Waals surface area contributed by atoms with Crippen LogP contribution in [0.15, 0.2) is 87.8 Å². The Balaban J connectivity index is 0.000000161. The summed E-state index contributed by atoms with van der Waals surface area (Å²) < 4.78 is 60.0. The van der Waals surface area contributed by atoms with Gasteiger partial charge in [-0.05, 0) is 177 Å². The standard InChI is InChI=1S/C19H31FN2OSi.C15H22BrFOSi.C13H20N2O2.C9H8BrFO/c1-18(2,3)24(4,5)23-19(8-9-19)15-6-7-16(20)17(14-15)22-12-10-21-11-13-22;1-14(2,3)19(4,5)18-15(8-9-15)11-6-7-13(17)12(16)10-11;1-17-13(10-16)11-3-2-4-12(9-11)15-7-5-14-6-8-15;10-7-5-6(1-2-8(7)11)9(12)3-4-9/h6-7,14,21H,8-13H2,1-5H3;6-7,10H,8-9H2,1-5H3;2-4,9,13-14,16H,5-8,10H2,1H3;1-2,5,12H,3-4H2/t;;13-;/m..1./s1. The van der Waals surface area contributed by atoms with Gasteiger partial charge in [-0.15, -0.1) is 0 Å². The summed E-state index contributed by atoms with van der Waals surface area (Å²) in [6.45, 7) is 30.3. The molecule has 1 atom stereocenters. The summed E-state index contributed by atoms with van der Waals surface area (Å²) in [6, 6.07) is 23.7. The Labute approximate surface area is 447 Å². The molecule has 4 N–H and O–H groups in total. The van der Waals surface area contributed by atoms with Gasteiger partial charge in [0.25, 0.3) is 0 Å². The monoisotopic (exact) mass is 1160 g/mol. The molecule has 5 aliphatic rings. The third-order valence-electron chi connectivity index (χ3n) is 15.7. The first kappa shape index (κ1) is 58.6. The summed E-state index contributed by atoms with van der Waals surface area (Å²) >= 11 is 6.35. The van der Waals surface area contributed by atoms with Gasteiger partial charge in [-0.3, -0.25) is 0 Å². The molecule has 4 aromatic carbocycles. The quantitative estimate of drug-likeness (QED) is 0.103. The molecule has 9 nitrogen and oxygen atoms in total. The number of methoxy groups -OCH3 is 1. The Kier molecular flexibility index (Phi) is 19.3. The number of rotatable bonds is 12. The van der Waals surface area contributed by atoms with Crippen LogP contribution in [0.2, 0.25) is 36.3 Å². The van der Waals surface area contributed by atoms with Crippen LogP contribution in [0, 0.1) is 17.5 Å². The SMILES string of the molecule is CC(C)(C)[Si](C)(C)OC1(c2ccc(F)c(Br)c2)CC1.CC(C)(C)[Si](C)(C)OC1(c2ccc(F)c(N3CCNCC3)c2)CC1.CO[C@H](CO)c1cccc(N2CCNCC2)c1.OC1(c2ccc(F)c(Br)c2)CC1. The predicted molar refractivity (Wildman–Crippen MR) is 300 cm³/mol. The molecule has 0 spiro atoms. The number of hydrogen-bond donors (Lipinski definition) is 4. The normalized spacial score (nSPS) is 19.4. The number of halogens is 5. The number of piperazine rings is 2. The van der Waals surface area contributed by atoms with E-state index in [2.05, 4.69) is 132 Å². The first-order chi connectivity index (χ1) is 33.7. The van der Waals surface area contributed by atoms with Crippen LogP contribution in [0.3, 0.4) is 0 Å². The van der Waals surface area contributed by atoms with E-state index in [1.807, 2.05) is 36.4 Å². The molecular weight excluding hydrogens is 1080 g/mol. The van der Waals surface area contributed by atoms with E-state index in [1.54, 1.807) is 25.3 Å². The zero-order valence-corrected chi connectivity index (χ0v) is 49.8. The van der Waals surface area contributed by atoms with Crippen LogP contribution in [0.5, 0.6) is 0 Å². The van der Waals surface area contributed by atoms with Gasteiger partial charge in [0.1, 0.15) is 23.6 Å². The van der Waals surface area contributed by atoms with E-state index in [0.717, 1.165) is 119 Å². The minimum Gasteiger partial charge on any atom is -0.407 e. The van der Waals surface area contributed by atoms with E-state index in [0.29, 0.717) is 8.95 Å². The minimum atomic E-state index is -1.85. The summed E-state index contributed by atoms with van der Waals surface area (Å²) in [5.74, 6) is -0.626. The van der Waals surface area contributed by atoms with Gasteiger partial charge in [0.15, 0.2) is 16.6 Å². The molecule has 3 aliphatic carbocycles. The molecule has 4 aromatic rings. The molecular formula is C56H81Br2F3N4O5Si2. The molecule has 0 amide bonds. The average Bonchev–Trinajstić information content (AvgIpc) is 4.28. The fourth-order valence-electron chi connectivity index (χ4n) is 8.49. The van der Waals surface area contributed by atoms with Gasteiger partial charge in [-0.25, -0.2) is 13.2 Å². The Morgan fingerprint density at radius 1 is 0.611 bits per heavy atom. The number of anilines is 2. The fraction of sp³-hybridized carbons (Fsp3) is 0.571. The number of nitrogens with one attached hydrogen (secondary N) is 2. The summed E-state index contributed by atoms with van der Waals surface area (Å²) in [5.41, 5.74) is 5.02. The van der Waals surface area contributed by atoms with Crippen LogP contribution in [-0.4, -0.2) is 92.9 Å². The fourth-order valence-corrected chi connectivity index (χ4v) is 12.5. The van der Waals surface area contributed by atoms with E-state index in [9.17, 15) is 23.4 Å². The third kappa shape index (κ3) is 14.9. The van der Waals surface area contributed by atoms with Gasteiger partial charge in [0, 0.05) is 65.2 Å². The van der Waals surface area contributed by atoms with Crippen LogP contribution in [-0.2, 0) is 30.4 Å². The molecule has 2 heterocycles. The molecule has 0 aromatic heterocycles. The predicted octanol–water partition coefficient (Wildman–Crippen LogP) is 13.2. The number of aliphatic hydroxyl groups is 2. The first-order valence-electron chi connectivity index (χ1n) is 25.7. The van der Waals surface area contributed by atoms with Crippen LogP contribution < -0.4 is 20.4 Å². The topological polar surface area (TPSA) is 98.7 Å². The van der Waals surface area contributed by atoms with Crippen LogP contribution in [0.4, 0.5) is 24.5 Å². The summed E-state index contributed by atoms with van der Waals surface area (Å²) in [7, 11) is -2.03.